The molecule has 0 saturated carbocycles. The van der Waals surface area contributed by atoms with Gasteiger partial charge in [0, 0.05) is 32.9 Å². The maximum absolute atomic E-state index is 11.5. The molecule has 8 nitrogen and oxygen atoms in total. The lowest BCUT2D eigenvalue weighted by atomic mass is 10.2. The summed E-state index contributed by atoms with van der Waals surface area (Å²) in [5.74, 6) is 0.733. The molecular formula is C16H30N6O2. The minimum Gasteiger partial charge on any atom is -0.444 e. The van der Waals surface area contributed by atoms with Crippen molar-refractivity contribution in [3.63, 3.8) is 0 Å². The van der Waals surface area contributed by atoms with Crippen LogP contribution in [0.5, 0.6) is 0 Å². The van der Waals surface area contributed by atoms with Gasteiger partial charge in [-0.3, -0.25) is 9.67 Å². The van der Waals surface area contributed by atoms with Crippen molar-refractivity contribution in [2.75, 3.05) is 26.7 Å². The van der Waals surface area contributed by atoms with Crippen LogP contribution in [0.2, 0.25) is 0 Å². The van der Waals surface area contributed by atoms with E-state index in [0.717, 1.165) is 31.0 Å². The summed E-state index contributed by atoms with van der Waals surface area (Å²) in [6.45, 7) is 10.3. The number of carbonyl (C=O) groups excluding carboxylic acids is 1. The van der Waals surface area contributed by atoms with Crippen LogP contribution in [0.25, 0.3) is 0 Å². The van der Waals surface area contributed by atoms with Gasteiger partial charge in [0.25, 0.3) is 0 Å². The number of aromatic nitrogens is 2. The Morgan fingerprint density at radius 2 is 1.92 bits per heavy atom. The van der Waals surface area contributed by atoms with E-state index >= 15 is 0 Å². The Labute approximate surface area is 144 Å². The highest BCUT2D eigenvalue weighted by atomic mass is 16.6. The lowest BCUT2D eigenvalue weighted by Crippen LogP contribution is -2.40. The number of aliphatic imine (C=N–C) groups is 1. The third-order valence-corrected chi connectivity index (χ3v) is 2.93. The summed E-state index contributed by atoms with van der Waals surface area (Å²) in [7, 11) is 1.73. The zero-order valence-corrected chi connectivity index (χ0v) is 15.3. The lowest BCUT2D eigenvalue weighted by Gasteiger charge is -2.19. The highest BCUT2D eigenvalue weighted by Crippen LogP contribution is 2.06. The number of aryl methyl sites for hydroxylation is 1. The first-order valence-corrected chi connectivity index (χ1v) is 8.20. The molecule has 0 aliphatic heterocycles. The SMILES string of the molecule is CN=C(NCCCNC(=O)OC(C)(C)C)NCCn1cc(C)cn1. The lowest BCUT2D eigenvalue weighted by molar-refractivity contribution is 0.0527. The number of rotatable bonds is 7. The number of amides is 1. The molecule has 0 fully saturated rings. The van der Waals surface area contributed by atoms with Crippen molar-refractivity contribution in [2.45, 2.75) is 46.3 Å². The van der Waals surface area contributed by atoms with Gasteiger partial charge in [-0.1, -0.05) is 0 Å². The Kier molecular flexibility index (Phi) is 8.08. The predicted octanol–water partition coefficient (Wildman–Crippen LogP) is 1.27. The van der Waals surface area contributed by atoms with Crippen LogP contribution in [0.4, 0.5) is 4.79 Å². The van der Waals surface area contributed by atoms with Crippen LogP contribution in [0.1, 0.15) is 32.8 Å². The van der Waals surface area contributed by atoms with E-state index in [1.54, 1.807) is 7.05 Å². The number of ether oxygens (including phenoxy) is 1. The molecular weight excluding hydrogens is 308 g/mol. The standard InChI is InChI=1S/C16H30N6O2/c1-13-11-21-22(12-13)10-9-19-14(17-5)18-7-6-8-20-15(23)24-16(2,3)4/h11-12H,6-10H2,1-5H3,(H,20,23)(H2,17,18,19). The molecule has 1 amide bonds. The van der Waals surface area contributed by atoms with E-state index in [0.29, 0.717) is 13.1 Å². The molecule has 0 unspecified atom stereocenters. The minimum atomic E-state index is -0.471. The second-order valence-electron chi connectivity index (χ2n) is 6.49. The molecule has 0 spiro atoms. The molecule has 0 atom stereocenters. The highest BCUT2D eigenvalue weighted by molar-refractivity contribution is 5.79. The molecule has 0 aromatic carbocycles. The van der Waals surface area contributed by atoms with Gasteiger partial charge in [0.15, 0.2) is 5.96 Å². The van der Waals surface area contributed by atoms with Crippen LogP contribution >= 0.6 is 0 Å². The quantitative estimate of drug-likeness (QED) is 0.395. The molecule has 0 radical (unpaired) electrons. The van der Waals surface area contributed by atoms with Crippen molar-refractivity contribution in [1.29, 1.82) is 0 Å². The van der Waals surface area contributed by atoms with Gasteiger partial charge in [-0.15, -0.1) is 0 Å². The van der Waals surface area contributed by atoms with Crippen molar-refractivity contribution in [3.8, 4) is 0 Å². The number of alkyl carbamates (subject to hydrolysis) is 1. The van der Waals surface area contributed by atoms with Crippen LogP contribution in [0.15, 0.2) is 17.4 Å². The third kappa shape index (κ3) is 9.02. The van der Waals surface area contributed by atoms with Gasteiger partial charge >= 0.3 is 6.09 Å². The second-order valence-corrected chi connectivity index (χ2v) is 6.49. The molecule has 8 heteroatoms. The maximum atomic E-state index is 11.5. The summed E-state index contributed by atoms with van der Waals surface area (Å²) in [6.07, 6.45) is 4.22. The molecule has 136 valence electrons. The van der Waals surface area contributed by atoms with Crippen molar-refractivity contribution in [2.24, 2.45) is 4.99 Å². The smallest absolute Gasteiger partial charge is 0.407 e. The van der Waals surface area contributed by atoms with Crippen LogP contribution in [-0.2, 0) is 11.3 Å². The van der Waals surface area contributed by atoms with E-state index in [9.17, 15) is 4.79 Å². The number of nitrogens with zero attached hydrogens (tertiary/aromatic N) is 3. The van der Waals surface area contributed by atoms with E-state index in [1.165, 1.54) is 0 Å². The number of carbonyl (C=O) groups is 1. The molecule has 1 aromatic heterocycles. The Bertz CT molecular complexity index is 533. The van der Waals surface area contributed by atoms with E-state index in [2.05, 4.69) is 26.0 Å². The fourth-order valence-corrected chi connectivity index (χ4v) is 1.90. The van der Waals surface area contributed by atoms with Crippen LogP contribution in [0.3, 0.4) is 0 Å². The third-order valence-electron chi connectivity index (χ3n) is 2.93. The Hall–Kier alpha value is -2.25. The second kappa shape index (κ2) is 9.79. The van der Waals surface area contributed by atoms with E-state index in [1.807, 2.05) is 44.8 Å². The fraction of sp³-hybridized carbons (Fsp3) is 0.688. The zero-order chi connectivity index (χ0) is 18.0. The molecule has 0 saturated heterocycles. The van der Waals surface area contributed by atoms with E-state index < -0.39 is 5.60 Å². The minimum absolute atomic E-state index is 0.389. The van der Waals surface area contributed by atoms with Gasteiger partial charge in [-0.05, 0) is 39.7 Å². The van der Waals surface area contributed by atoms with Gasteiger partial charge in [-0.25, -0.2) is 4.79 Å². The number of hydrogen-bond acceptors (Lipinski definition) is 4. The predicted molar refractivity (Wildman–Crippen MR) is 95.2 cm³/mol. The van der Waals surface area contributed by atoms with Crippen LogP contribution in [0, 0.1) is 6.92 Å². The van der Waals surface area contributed by atoms with Gasteiger partial charge < -0.3 is 20.7 Å². The number of guanidine groups is 1. The first-order chi connectivity index (χ1) is 11.3. The Balaban J connectivity index is 2.10. The number of hydrogen-bond donors (Lipinski definition) is 3. The molecule has 3 N–H and O–H groups in total. The topological polar surface area (TPSA) is 92.6 Å². The van der Waals surface area contributed by atoms with Gasteiger partial charge in [0.05, 0.1) is 12.7 Å². The average Bonchev–Trinajstić information content (AvgIpc) is 2.88. The normalized spacial score (nSPS) is 12.0. The van der Waals surface area contributed by atoms with Crippen molar-refractivity contribution in [3.05, 3.63) is 18.0 Å². The number of nitrogens with one attached hydrogen (secondary N) is 3. The van der Waals surface area contributed by atoms with E-state index in [-0.39, 0.29) is 6.09 Å². The largest absolute Gasteiger partial charge is 0.444 e. The summed E-state index contributed by atoms with van der Waals surface area (Å²) in [5.41, 5.74) is 0.677. The highest BCUT2D eigenvalue weighted by Gasteiger charge is 2.15. The molecule has 24 heavy (non-hydrogen) atoms. The molecule has 0 aliphatic rings. The fourth-order valence-electron chi connectivity index (χ4n) is 1.90. The molecule has 0 aliphatic carbocycles. The first-order valence-electron chi connectivity index (χ1n) is 8.20. The molecule has 1 aromatic rings. The summed E-state index contributed by atoms with van der Waals surface area (Å²) < 4.78 is 7.06. The Morgan fingerprint density at radius 3 is 2.50 bits per heavy atom. The summed E-state index contributed by atoms with van der Waals surface area (Å²) in [6, 6.07) is 0. The summed E-state index contributed by atoms with van der Waals surface area (Å²) in [4.78, 5) is 15.6. The van der Waals surface area contributed by atoms with Gasteiger partial charge in [0.2, 0.25) is 0 Å². The van der Waals surface area contributed by atoms with Crippen LogP contribution < -0.4 is 16.0 Å². The zero-order valence-electron chi connectivity index (χ0n) is 15.3. The first kappa shape index (κ1) is 19.8. The van der Waals surface area contributed by atoms with Crippen molar-refractivity contribution >= 4 is 12.1 Å². The molecule has 1 heterocycles. The summed E-state index contributed by atoms with van der Waals surface area (Å²) >= 11 is 0. The van der Waals surface area contributed by atoms with Crippen molar-refractivity contribution in [1.82, 2.24) is 25.7 Å². The molecule has 0 bridgehead atoms. The van der Waals surface area contributed by atoms with Crippen LogP contribution in [-0.4, -0.2) is 54.1 Å². The van der Waals surface area contributed by atoms with E-state index in [4.69, 9.17) is 4.74 Å². The average molecular weight is 338 g/mol. The van der Waals surface area contributed by atoms with Gasteiger partial charge in [0.1, 0.15) is 5.60 Å². The van der Waals surface area contributed by atoms with Crippen molar-refractivity contribution < 1.29 is 9.53 Å². The van der Waals surface area contributed by atoms with Gasteiger partial charge in [-0.2, -0.15) is 5.10 Å². The summed E-state index contributed by atoms with van der Waals surface area (Å²) in [5, 5.41) is 13.4. The molecule has 1 rings (SSSR count). The Morgan fingerprint density at radius 1 is 1.25 bits per heavy atom. The monoisotopic (exact) mass is 338 g/mol. The maximum Gasteiger partial charge on any atom is 0.407 e.